The Kier molecular flexibility index (Phi) is 5.74. The minimum atomic E-state index is -0.470. The van der Waals surface area contributed by atoms with Crippen molar-refractivity contribution in [1.29, 1.82) is 0 Å². The number of benzene rings is 1. The van der Waals surface area contributed by atoms with Gasteiger partial charge in [-0.1, -0.05) is 23.2 Å². The van der Waals surface area contributed by atoms with E-state index in [-0.39, 0.29) is 29.0 Å². The van der Waals surface area contributed by atoms with Gasteiger partial charge in [0.2, 0.25) is 5.95 Å². The fourth-order valence-electron chi connectivity index (χ4n) is 3.94. The van der Waals surface area contributed by atoms with Gasteiger partial charge < -0.3 is 10.0 Å². The largest absolute Gasteiger partial charge is 0.395 e. The number of hydrogen-bond acceptors (Lipinski definition) is 6. The average Bonchev–Trinajstić information content (AvgIpc) is 3.56. The van der Waals surface area contributed by atoms with E-state index in [0.29, 0.717) is 17.6 Å². The Hall–Kier alpha value is -3.07. The average molecular weight is 483 g/mol. The number of halogens is 2. The zero-order valence-electron chi connectivity index (χ0n) is 17.7. The van der Waals surface area contributed by atoms with E-state index in [1.165, 1.54) is 11.2 Å². The molecule has 0 radical (unpaired) electrons. The molecule has 1 fully saturated rings. The van der Waals surface area contributed by atoms with Gasteiger partial charge in [0.25, 0.3) is 5.91 Å². The van der Waals surface area contributed by atoms with E-state index in [1.54, 1.807) is 12.4 Å². The summed E-state index contributed by atoms with van der Waals surface area (Å²) < 4.78 is 1.98. The lowest BCUT2D eigenvalue weighted by Crippen LogP contribution is -2.34. The van der Waals surface area contributed by atoms with E-state index in [1.807, 2.05) is 35.9 Å². The third-order valence-corrected chi connectivity index (χ3v) is 6.22. The van der Waals surface area contributed by atoms with Crippen molar-refractivity contribution in [3.63, 3.8) is 0 Å². The van der Waals surface area contributed by atoms with Crippen LogP contribution >= 0.6 is 23.2 Å². The number of aromatic nitrogens is 5. The van der Waals surface area contributed by atoms with Crippen LogP contribution in [0.1, 0.15) is 40.2 Å². The van der Waals surface area contributed by atoms with Crippen molar-refractivity contribution >= 4 is 45.7 Å². The number of carbonyl (C=O) groups excluding carboxylic acids is 1. The van der Waals surface area contributed by atoms with Crippen molar-refractivity contribution in [2.45, 2.75) is 25.7 Å². The van der Waals surface area contributed by atoms with Gasteiger partial charge >= 0.3 is 0 Å². The fraction of sp³-hybridized carbons (Fsp3) is 0.261. The molecule has 0 saturated heterocycles. The molecular formula is C23H20Cl2N6O2. The zero-order valence-corrected chi connectivity index (χ0v) is 19.3. The number of aliphatic hydroxyl groups excluding tert-OH is 1. The molecule has 0 aliphatic heterocycles. The maximum absolute atomic E-state index is 13.4. The third kappa shape index (κ3) is 4.06. The van der Waals surface area contributed by atoms with Gasteiger partial charge in [-0.25, -0.2) is 19.9 Å². The predicted molar refractivity (Wildman–Crippen MR) is 126 cm³/mol. The predicted octanol–water partition coefficient (Wildman–Crippen LogP) is 4.34. The second-order valence-electron chi connectivity index (χ2n) is 8.00. The van der Waals surface area contributed by atoms with Crippen LogP contribution in [0.15, 0.2) is 43.1 Å². The molecule has 0 unspecified atom stereocenters. The minimum absolute atomic E-state index is 0.00739. The summed E-state index contributed by atoms with van der Waals surface area (Å²) in [6, 6.07) is 5.87. The lowest BCUT2D eigenvalue weighted by Gasteiger charge is -2.24. The van der Waals surface area contributed by atoms with Gasteiger partial charge in [-0.2, -0.15) is 0 Å². The Morgan fingerprint density at radius 3 is 2.48 bits per heavy atom. The summed E-state index contributed by atoms with van der Waals surface area (Å²) in [5.41, 5.74) is 3.75. The van der Waals surface area contributed by atoms with Crippen molar-refractivity contribution in [1.82, 2.24) is 24.5 Å². The number of rotatable bonds is 6. The van der Waals surface area contributed by atoms with Crippen LogP contribution < -0.4 is 4.90 Å². The van der Waals surface area contributed by atoms with Gasteiger partial charge in [0.15, 0.2) is 0 Å². The lowest BCUT2D eigenvalue weighted by atomic mass is 10.0. The second-order valence-corrected chi connectivity index (χ2v) is 8.72. The van der Waals surface area contributed by atoms with Gasteiger partial charge in [-0.3, -0.25) is 9.36 Å². The van der Waals surface area contributed by atoms with Gasteiger partial charge in [-0.05, 0) is 55.0 Å². The smallest absolute Gasteiger partial charge is 0.264 e. The molecule has 8 nitrogen and oxygen atoms in total. The van der Waals surface area contributed by atoms with Crippen molar-refractivity contribution < 1.29 is 9.90 Å². The molecule has 5 rings (SSSR count). The molecule has 1 aromatic carbocycles. The van der Waals surface area contributed by atoms with Gasteiger partial charge in [-0.15, -0.1) is 0 Å². The molecule has 0 atom stereocenters. The van der Waals surface area contributed by atoms with E-state index < -0.39 is 5.91 Å². The first-order chi connectivity index (χ1) is 16.0. The quantitative estimate of drug-likeness (QED) is 0.410. The summed E-state index contributed by atoms with van der Waals surface area (Å²) in [5, 5.41) is 10.6. The van der Waals surface area contributed by atoms with Crippen LogP contribution in [0.3, 0.4) is 0 Å². The first-order valence-corrected chi connectivity index (χ1v) is 11.3. The highest BCUT2D eigenvalue weighted by molar-refractivity contribution is 6.39. The van der Waals surface area contributed by atoms with Crippen LogP contribution in [0.5, 0.6) is 0 Å². The molecule has 1 saturated carbocycles. The van der Waals surface area contributed by atoms with E-state index in [2.05, 4.69) is 19.9 Å². The molecule has 0 bridgehead atoms. The molecular weight excluding hydrogens is 463 g/mol. The third-order valence-electron chi connectivity index (χ3n) is 5.65. The van der Waals surface area contributed by atoms with Crippen LogP contribution in [-0.4, -0.2) is 48.7 Å². The molecule has 1 amide bonds. The second kappa shape index (κ2) is 8.70. The normalized spacial score (nSPS) is 13.5. The first kappa shape index (κ1) is 21.8. The molecule has 3 heterocycles. The topological polar surface area (TPSA) is 97.0 Å². The Bertz CT molecular complexity index is 1330. The molecule has 1 aliphatic carbocycles. The molecule has 33 heavy (non-hydrogen) atoms. The number of aryl methyl sites for hydroxylation is 1. The van der Waals surface area contributed by atoms with Crippen LogP contribution in [0.2, 0.25) is 10.3 Å². The number of nitrogens with zero attached hydrogens (tertiary/aromatic N) is 6. The maximum atomic E-state index is 13.4. The molecule has 4 aromatic rings. The van der Waals surface area contributed by atoms with Crippen LogP contribution in [0.4, 0.5) is 5.69 Å². The van der Waals surface area contributed by atoms with Gasteiger partial charge in [0, 0.05) is 36.2 Å². The molecule has 10 heteroatoms. The highest BCUT2D eigenvalue weighted by Gasteiger charge is 2.30. The number of anilines is 1. The SMILES string of the molecule is Cc1cnc(-n2ccc3cc(N(CCO)C(=O)c4c(Cl)ncnc4Cl)cc(C4CC4)c32)nc1. The van der Waals surface area contributed by atoms with E-state index in [9.17, 15) is 9.90 Å². The molecule has 0 spiro atoms. The number of fused-ring (bicyclic) bond motifs is 1. The van der Waals surface area contributed by atoms with Gasteiger partial charge in [0.05, 0.1) is 12.1 Å². The van der Waals surface area contributed by atoms with Gasteiger partial charge in [0.1, 0.15) is 22.2 Å². The highest BCUT2D eigenvalue weighted by atomic mass is 35.5. The summed E-state index contributed by atoms with van der Waals surface area (Å²) in [6.07, 6.45) is 8.84. The Morgan fingerprint density at radius 1 is 1.15 bits per heavy atom. The van der Waals surface area contributed by atoms with Crippen LogP contribution in [-0.2, 0) is 0 Å². The standard InChI is InChI=1S/C23H20Cl2N6O2/c1-13-10-26-23(27-11-13)31-5-4-15-8-16(9-17(19(15)31)14-2-3-14)30(6-7-32)22(33)18-20(24)28-12-29-21(18)25/h4-5,8-12,14,32H,2-3,6-7H2,1H3. The Labute approximate surface area is 199 Å². The van der Waals surface area contributed by atoms with Crippen molar-refractivity contribution in [3.05, 3.63) is 70.1 Å². The monoisotopic (exact) mass is 482 g/mol. The summed E-state index contributed by atoms with van der Waals surface area (Å²) in [7, 11) is 0. The number of hydrogen-bond donors (Lipinski definition) is 1. The van der Waals surface area contributed by atoms with Crippen LogP contribution in [0, 0.1) is 6.92 Å². The van der Waals surface area contributed by atoms with E-state index in [0.717, 1.165) is 34.9 Å². The molecule has 3 aromatic heterocycles. The summed E-state index contributed by atoms with van der Waals surface area (Å²) in [5.74, 6) is 0.500. The molecule has 1 N–H and O–H groups in total. The number of amides is 1. The van der Waals surface area contributed by atoms with Crippen molar-refractivity contribution in [2.75, 3.05) is 18.1 Å². The molecule has 1 aliphatic rings. The zero-order chi connectivity index (χ0) is 23.1. The van der Waals surface area contributed by atoms with Crippen molar-refractivity contribution in [2.24, 2.45) is 0 Å². The summed E-state index contributed by atoms with van der Waals surface area (Å²) in [4.78, 5) is 31.6. The Balaban J connectivity index is 1.64. The fourth-order valence-corrected chi connectivity index (χ4v) is 4.42. The number of carbonyl (C=O) groups is 1. The van der Waals surface area contributed by atoms with E-state index in [4.69, 9.17) is 23.2 Å². The number of aliphatic hydroxyl groups is 1. The first-order valence-electron chi connectivity index (χ1n) is 10.5. The van der Waals surface area contributed by atoms with Crippen molar-refractivity contribution in [3.8, 4) is 5.95 Å². The Morgan fingerprint density at radius 2 is 1.85 bits per heavy atom. The van der Waals surface area contributed by atoms with E-state index >= 15 is 0 Å². The summed E-state index contributed by atoms with van der Waals surface area (Å²) in [6.45, 7) is 1.78. The maximum Gasteiger partial charge on any atom is 0.264 e. The molecule has 168 valence electrons. The highest BCUT2D eigenvalue weighted by Crippen LogP contribution is 2.45. The van der Waals surface area contributed by atoms with Crippen LogP contribution in [0.25, 0.3) is 16.9 Å². The summed E-state index contributed by atoms with van der Waals surface area (Å²) >= 11 is 12.3. The lowest BCUT2D eigenvalue weighted by molar-refractivity contribution is 0.0980. The minimum Gasteiger partial charge on any atom is -0.395 e.